The highest BCUT2D eigenvalue weighted by atomic mass is 16.5. The number of amides is 1. The minimum absolute atomic E-state index is 0.145. The summed E-state index contributed by atoms with van der Waals surface area (Å²) in [6, 6.07) is 0. The van der Waals surface area contributed by atoms with Crippen LogP contribution in [0.5, 0.6) is 0 Å². The van der Waals surface area contributed by atoms with Crippen LogP contribution >= 0.6 is 0 Å². The van der Waals surface area contributed by atoms with Crippen molar-refractivity contribution in [3.05, 3.63) is 0 Å². The standard InChI is InChI=1S/C11H24N2O3/c1-4-5-11(2,15)8-13-10(14)6-9(7-12)16-3/h9,15H,4-8,12H2,1-3H3,(H,13,14). The fraction of sp³-hybridized carbons (Fsp3) is 0.909. The van der Waals surface area contributed by atoms with Gasteiger partial charge in [0.1, 0.15) is 0 Å². The molecule has 1 amide bonds. The maximum absolute atomic E-state index is 11.5. The number of aliphatic hydroxyl groups is 1. The Bertz CT molecular complexity index is 203. The zero-order valence-corrected chi connectivity index (χ0v) is 10.5. The van der Waals surface area contributed by atoms with Gasteiger partial charge in [-0.3, -0.25) is 4.79 Å². The SMILES string of the molecule is CCCC(C)(O)CNC(=O)CC(CN)OC. The molecule has 0 aliphatic carbocycles. The van der Waals surface area contributed by atoms with Crippen molar-refractivity contribution in [1.82, 2.24) is 5.32 Å². The van der Waals surface area contributed by atoms with E-state index >= 15 is 0 Å². The van der Waals surface area contributed by atoms with Crippen molar-refractivity contribution >= 4 is 5.91 Å². The summed E-state index contributed by atoms with van der Waals surface area (Å²) < 4.78 is 5.00. The van der Waals surface area contributed by atoms with Crippen LogP contribution in [-0.2, 0) is 9.53 Å². The second-order valence-corrected chi connectivity index (χ2v) is 4.32. The average Bonchev–Trinajstić information content (AvgIpc) is 2.23. The van der Waals surface area contributed by atoms with Crippen LogP contribution in [0.1, 0.15) is 33.1 Å². The quantitative estimate of drug-likeness (QED) is 0.550. The van der Waals surface area contributed by atoms with Crippen molar-refractivity contribution in [3.63, 3.8) is 0 Å². The fourth-order valence-corrected chi connectivity index (χ4v) is 1.46. The molecule has 5 heteroatoms. The van der Waals surface area contributed by atoms with Crippen LogP contribution in [0.2, 0.25) is 0 Å². The van der Waals surface area contributed by atoms with E-state index in [-0.39, 0.29) is 25.0 Å². The molecule has 0 aromatic heterocycles. The summed E-state index contributed by atoms with van der Waals surface area (Å²) in [6.07, 6.45) is 1.52. The molecule has 0 aromatic rings. The third-order valence-electron chi connectivity index (χ3n) is 2.46. The molecule has 96 valence electrons. The van der Waals surface area contributed by atoms with Crippen molar-refractivity contribution in [2.75, 3.05) is 20.2 Å². The summed E-state index contributed by atoms with van der Waals surface area (Å²) in [5.74, 6) is -0.145. The van der Waals surface area contributed by atoms with E-state index in [4.69, 9.17) is 10.5 Å². The van der Waals surface area contributed by atoms with E-state index in [2.05, 4.69) is 5.32 Å². The van der Waals surface area contributed by atoms with Gasteiger partial charge in [-0.2, -0.15) is 0 Å². The van der Waals surface area contributed by atoms with Crippen molar-refractivity contribution in [3.8, 4) is 0 Å². The van der Waals surface area contributed by atoms with Crippen LogP contribution in [0.15, 0.2) is 0 Å². The van der Waals surface area contributed by atoms with E-state index in [0.717, 1.165) is 6.42 Å². The van der Waals surface area contributed by atoms with Gasteiger partial charge < -0.3 is 20.9 Å². The third-order valence-corrected chi connectivity index (χ3v) is 2.46. The second kappa shape index (κ2) is 7.60. The summed E-state index contributed by atoms with van der Waals surface area (Å²) >= 11 is 0. The van der Waals surface area contributed by atoms with Gasteiger partial charge in [0.25, 0.3) is 0 Å². The predicted octanol–water partition coefficient (Wildman–Crippen LogP) is 0.0175. The molecule has 2 atom stereocenters. The molecule has 5 nitrogen and oxygen atoms in total. The highest BCUT2D eigenvalue weighted by Crippen LogP contribution is 2.10. The largest absolute Gasteiger partial charge is 0.388 e. The number of rotatable bonds is 8. The van der Waals surface area contributed by atoms with E-state index in [1.54, 1.807) is 6.92 Å². The Morgan fingerprint density at radius 3 is 2.69 bits per heavy atom. The summed E-state index contributed by atoms with van der Waals surface area (Å²) in [5, 5.41) is 12.5. The number of hydrogen-bond acceptors (Lipinski definition) is 4. The van der Waals surface area contributed by atoms with Crippen molar-refractivity contribution in [2.45, 2.75) is 44.8 Å². The van der Waals surface area contributed by atoms with Crippen LogP contribution < -0.4 is 11.1 Å². The maximum Gasteiger partial charge on any atom is 0.222 e. The number of methoxy groups -OCH3 is 1. The number of nitrogens with one attached hydrogen (secondary N) is 1. The monoisotopic (exact) mass is 232 g/mol. The molecule has 0 rings (SSSR count). The van der Waals surface area contributed by atoms with E-state index in [1.807, 2.05) is 6.92 Å². The molecule has 0 saturated carbocycles. The van der Waals surface area contributed by atoms with Crippen LogP contribution in [-0.4, -0.2) is 42.9 Å². The molecule has 16 heavy (non-hydrogen) atoms. The number of nitrogens with two attached hydrogens (primary N) is 1. The highest BCUT2D eigenvalue weighted by Gasteiger charge is 2.20. The molecule has 0 spiro atoms. The first kappa shape index (κ1) is 15.3. The summed E-state index contributed by atoms with van der Waals surface area (Å²) in [7, 11) is 1.53. The second-order valence-electron chi connectivity index (χ2n) is 4.32. The van der Waals surface area contributed by atoms with E-state index in [9.17, 15) is 9.90 Å². The zero-order valence-electron chi connectivity index (χ0n) is 10.5. The molecule has 0 bridgehead atoms. The maximum atomic E-state index is 11.5. The van der Waals surface area contributed by atoms with Gasteiger partial charge in [-0.25, -0.2) is 0 Å². The van der Waals surface area contributed by atoms with E-state index in [1.165, 1.54) is 7.11 Å². The van der Waals surface area contributed by atoms with Crippen LogP contribution in [0, 0.1) is 0 Å². The number of ether oxygens (including phenoxy) is 1. The number of carbonyl (C=O) groups excluding carboxylic acids is 1. The minimum atomic E-state index is -0.838. The summed E-state index contributed by atoms with van der Waals surface area (Å²) in [5.41, 5.74) is 4.57. The Labute approximate surface area is 97.3 Å². The smallest absolute Gasteiger partial charge is 0.222 e. The van der Waals surface area contributed by atoms with Crippen LogP contribution in [0.4, 0.5) is 0 Å². The Balaban J connectivity index is 3.88. The highest BCUT2D eigenvalue weighted by molar-refractivity contribution is 5.76. The summed E-state index contributed by atoms with van der Waals surface area (Å²) in [4.78, 5) is 11.5. The van der Waals surface area contributed by atoms with Gasteiger partial charge in [0, 0.05) is 20.2 Å². The first-order chi connectivity index (χ1) is 7.45. The molecule has 0 heterocycles. The molecule has 0 aliphatic rings. The van der Waals surface area contributed by atoms with Gasteiger partial charge in [-0.1, -0.05) is 13.3 Å². The summed E-state index contributed by atoms with van der Waals surface area (Å²) in [6.45, 7) is 4.29. The van der Waals surface area contributed by atoms with Crippen LogP contribution in [0.25, 0.3) is 0 Å². The van der Waals surface area contributed by atoms with Gasteiger partial charge in [-0.05, 0) is 13.3 Å². The Morgan fingerprint density at radius 1 is 1.62 bits per heavy atom. The fourth-order valence-electron chi connectivity index (χ4n) is 1.46. The molecule has 0 aliphatic heterocycles. The lowest BCUT2D eigenvalue weighted by Gasteiger charge is -2.23. The van der Waals surface area contributed by atoms with E-state index < -0.39 is 5.60 Å². The Hall–Kier alpha value is -0.650. The zero-order chi connectivity index (χ0) is 12.6. The van der Waals surface area contributed by atoms with Crippen molar-refractivity contribution in [1.29, 1.82) is 0 Å². The molecule has 2 unspecified atom stereocenters. The molecule has 4 N–H and O–H groups in total. The topological polar surface area (TPSA) is 84.6 Å². The van der Waals surface area contributed by atoms with Gasteiger partial charge in [0.2, 0.25) is 5.91 Å². The van der Waals surface area contributed by atoms with Crippen LogP contribution in [0.3, 0.4) is 0 Å². The molecule has 0 radical (unpaired) electrons. The average molecular weight is 232 g/mol. The Morgan fingerprint density at radius 2 is 2.25 bits per heavy atom. The van der Waals surface area contributed by atoms with Gasteiger partial charge in [0.05, 0.1) is 18.1 Å². The lowest BCUT2D eigenvalue weighted by Crippen LogP contribution is -2.42. The molecule has 0 saturated heterocycles. The number of hydrogen-bond donors (Lipinski definition) is 3. The first-order valence-corrected chi connectivity index (χ1v) is 5.67. The van der Waals surface area contributed by atoms with Crippen molar-refractivity contribution < 1.29 is 14.6 Å². The third kappa shape index (κ3) is 6.76. The lowest BCUT2D eigenvalue weighted by molar-refractivity contribution is -0.124. The first-order valence-electron chi connectivity index (χ1n) is 5.67. The number of carbonyl (C=O) groups is 1. The van der Waals surface area contributed by atoms with Gasteiger partial charge in [-0.15, -0.1) is 0 Å². The van der Waals surface area contributed by atoms with Gasteiger partial charge >= 0.3 is 0 Å². The van der Waals surface area contributed by atoms with E-state index in [0.29, 0.717) is 13.0 Å². The predicted molar refractivity (Wildman–Crippen MR) is 63.0 cm³/mol. The normalized spacial score (nSPS) is 16.6. The molecular formula is C11H24N2O3. The Kier molecular flexibility index (Phi) is 7.29. The van der Waals surface area contributed by atoms with Crippen molar-refractivity contribution in [2.24, 2.45) is 5.73 Å². The minimum Gasteiger partial charge on any atom is -0.388 e. The lowest BCUT2D eigenvalue weighted by atomic mass is 10.0. The molecule has 0 aromatic carbocycles. The molecular weight excluding hydrogens is 208 g/mol. The van der Waals surface area contributed by atoms with Gasteiger partial charge in [0.15, 0.2) is 0 Å². The molecule has 0 fully saturated rings.